The molecular weight excluding hydrogens is 462 g/mol. The number of hydrogen-bond acceptors (Lipinski definition) is 4. The predicted molar refractivity (Wildman–Crippen MR) is 136 cm³/mol. The lowest BCUT2D eigenvalue weighted by Gasteiger charge is -2.26. The van der Waals surface area contributed by atoms with E-state index in [9.17, 15) is 4.79 Å². The molecule has 0 aliphatic carbocycles. The smallest absolute Gasteiger partial charge is 0.273 e. The normalized spacial score (nSPS) is 14.8. The van der Waals surface area contributed by atoms with E-state index in [1.165, 1.54) is 5.56 Å². The van der Waals surface area contributed by atoms with Crippen LogP contribution in [0.1, 0.15) is 38.8 Å². The van der Waals surface area contributed by atoms with Gasteiger partial charge in [0.2, 0.25) is 0 Å². The summed E-state index contributed by atoms with van der Waals surface area (Å²) in [5.41, 5.74) is 6.41. The van der Waals surface area contributed by atoms with Gasteiger partial charge in [0.05, 0.1) is 26.0 Å². The van der Waals surface area contributed by atoms with Crippen LogP contribution in [0, 0.1) is 6.92 Å². The van der Waals surface area contributed by atoms with E-state index >= 15 is 0 Å². The molecule has 1 aliphatic heterocycles. The molecule has 0 spiro atoms. The van der Waals surface area contributed by atoms with Crippen LogP contribution in [-0.2, 0) is 6.42 Å². The van der Waals surface area contributed by atoms with Crippen LogP contribution in [0.25, 0.3) is 11.3 Å². The number of aromatic nitrogens is 2. The van der Waals surface area contributed by atoms with E-state index in [1.54, 1.807) is 14.2 Å². The van der Waals surface area contributed by atoms with E-state index in [-0.39, 0.29) is 11.9 Å². The van der Waals surface area contributed by atoms with Crippen molar-refractivity contribution >= 4 is 17.5 Å². The number of aromatic amines is 1. The van der Waals surface area contributed by atoms with Crippen LogP contribution >= 0.6 is 11.6 Å². The van der Waals surface area contributed by atoms with E-state index in [2.05, 4.69) is 29.3 Å². The molecule has 5 rings (SSSR count). The van der Waals surface area contributed by atoms with Crippen molar-refractivity contribution in [1.29, 1.82) is 0 Å². The number of ether oxygens (including phenoxy) is 2. The first-order valence-corrected chi connectivity index (χ1v) is 11.8. The molecule has 2 heterocycles. The molecule has 35 heavy (non-hydrogen) atoms. The Hall–Kier alpha value is -3.77. The van der Waals surface area contributed by atoms with Gasteiger partial charge in [-0.2, -0.15) is 5.10 Å². The molecule has 0 saturated carbocycles. The third-order valence-electron chi connectivity index (χ3n) is 6.46. The lowest BCUT2D eigenvalue weighted by molar-refractivity contribution is 0.0746. The Kier molecular flexibility index (Phi) is 6.22. The molecule has 1 atom stereocenters. The maximum Gasteiger partial charge on any atom is 0.273 e. The van der Waals surface area contributed by atoms with Crippen LogP contribution in [0.4, 0.5) is 0 Å². The molecule has 1 aliphatic rings. The van der Waals surface area contributed by atoms with E-state index in [4.69, 9.17) is 21.1 Å². The van der Waals surface area contributed by atoms with Gasteiger partial charge >= 0.3 is 0 Å². The van der Waals surface area contributed by atoms with Crippen molar-refractivity contribution in [1.82, 2.24) is 15.1 Å². The maximum absolute atomic E-state index is 13.6. The van der Waals surface area contributed by atoms with Crippen molar-refractivity contribution in [2.24, 2.45) is 0 Å². The average Bonchev–Trinajstić information content (AvgIpc) is 3.42. The van der Waals surface area contributed by atoms with Crippen molar-refractivity contribution < 1.29 is 14.3 Å². The molecule has 1 unspecified atom stereocenters. The number of fused-ring (bicyclic) bond motifs is 1. The first kappa shape index (κ1) is 23.0. The predicted octanol–water partition coefficient (Wildman–Crippen LogP) is 5.84. The number of halogens is 1. The Labute approximate surface area is 209 Å². The molecule has 0 bridgehead atoms. The van der Waals surface area contributed by atoms with Crippen LogP contribution in [0.3, 0.4) is 0 Å². The van der Waals surface area contributed by atoms with Crippen molar-refractivity contribution in [3.63, 3.8) is 0 Å². The van der Waals surface area contributed by atoms with Gasteiger partial charge in [-0.05, 0) is 48.7 Å². The summed E-state index contributed by atoms with van der Waals surface area (Å²) in [6.07, 6.45) is 0.660. The number of carbonyl (C=O) groups is 1. The second kappa shape index (κ2) is 9.47. The minimum atomic E-state index is -0.273. The summed E-state index contributed by atoms with van der Waals surface area (Å²) in [4.78, 5) is 15.5. The topological polar surface area (TPSA) is 67.5 Å². The number of methoxy groups -OCH3 is 2. The van der Waals surface area contributed by atoms with Gasteiger partial charge in [0.25, 0.3) is 5.91 Å². The Bertz CT molecular complexity index is 1360. The van der Waals surface area contributed by atoms with Crippen molar-refractivity contribution in [3.8, 4) is 22.8 Å². The fraction of sp³-hybridized carbons (Fsp3) is 0.214. The first-order chi connectivity index (χ1) is 17.0. The highest BCUT2D eigenvalue weighted by molar-refractivity contribution is 6.30. The van der Waals surface area contributed by atoms with Gasteiger partial charge in [-0.15, -0.1) is 0 Å². The van der Waals surface area contributed by atoms with Crippen LogP contribution in [0.15, 0.2) is 66.7 Å². The van der Waals surface area contributed by atoms with E-state index in [1.807, 2.05) is 59.5 Å². The molecule has 7 heteroatoms. The summed E-state index contributed by atoms with van der Waals surface area (Å²) >= 11 is 6.18. The Balaban J connectivity index is 1.52. The molecule has 0 saturated heterocycles. The zero-order valence-electron chi connectivity index (χ0n) is 19.8. The Morgan fingerprint density at radius 3 is 2.37 bits per heavy atom. The molecule has 1 N–H and O–H groups in total. The number of carbonyl (C=O) groups excluding carboxylic acids is 1. The van der Waals surface area contributed by atoms with Crippen LogP contribution in [0.5, 0.6) is 11.5 Å². The number of nitrogens with zero attached hydrogens (tertiary/aromatic N) is 2. The summed E-state index contributed by atoms with van der Waals surface area (Å²) in [7, 11) is 3.23. The van der Waals surface area contributed by atoms with Crippen molar-refractivity contribution in [2.45, 2.75) is 19.4 Å². The lowest BCUT2D eigenvalue weighted by atomic mass is 9.95. The summed E-state index contributed by atoms with van der Waals surface area (Å²) < 4.78 is 10.8. The molecule has 3 aromatic carbocycles. The minimum Gasteiger partial charge on any atom is -0.493 e. The van der Waals surface area contributed by atoms with Gasteiger partial charge in [-0.3, -0.25) is 9.89 Å². The van der Waals surface area contributed by atoms with Crippen LogP contribution < -0.4 is 9.47 Å². The van der Waals surface area contributed by atoms with Gasteiger partial charge in [-0.1, -0.05) is 59.6 Å². The van der Waals surface area contributed by atoms with Crippen LogP contribution in [0.2, 0.25) is 5.02 Å². The molecule has 178 valence electrons. The monoisotopic (exact) mass is 487 g/mol. The fourth-order valence-electron chi connectivity index (χ4n) is 4.64. The van der Waals surface area contributed by atoms with E-state index in [0.717, 1.165) is 27.9 Å². The Morgan fingerprint density at radius 1 is 0.971 bits per heavy atom. The van der Waals surface area contributed by atoms with Crippen molar-refractivity contribution in [2.75, 3.05) is 20.8 Å². The largest absolute Gasteiger partial charge is 0.493 e. The minimum absolute atomic E-state index is 0.0636. The standard InChI is InChI=1S/C28H26ClN3O3/c1-17-4-7-19(8-5-17)25-24-26(31-30-25)28(33)32(27(24)20-9-11-21(29)12-10-20)15-14-18-6-13-22(34-2)23(16-18)35-3/h4-13,16,27H,14-15H2,1-3H3,(H,30,31). The van der Waals surface area contributed by atoms with Gasteiger partial charge < -0.3 is 14.4 Å². The number of aryl methyl sites for hydroxylation is 1. The fourth-order valence-corrected chi connectivity index (χ4v) is 4.76. The summed E-state index contributed by atoms with van der Waals surface area (Å²) in [6.45, 7) is 2.58. The second-order valence-corrected chi connectivity index (χ2v) is 9.06. The molecule has 0 fully saturated rings. The van der Waals surface area contributed by atoms with E-state index in [0.29, 0.717) is 35.2 Å². The average molecular weight is 488 g/mol. The quantitative estimate of drug-likeness (QED) is 0.355. The number of hydrogen-bond donors (Lipinski definition) is 1. The number of rotatable bonds is 7. The molecular formula is C28H26ClN3O3. The Morgan fingerprint density at radius 2 is 1.69 bits per heavy atom. The highest BCUT2D eigenvalue weighted by Gasteiger charge is 2.41. The van der Waals surface area contributed by atoms with Gasteiger partial charge in [-0.25, -0.2) is 0 Å². The number of benzene rings is 3. The summed E-state index contributed by atoms with van der Waals surface area (Å²) in [5, 5.41) is 8.22. The highest BCUT2D eigenvalue weighted by atomic mass is 35.5. The van der Waals surface area contributed by atoms with Gasteiger partial charge in [0.1, 0.15) is 5.69 Å². The first-order valence-electron chi connectivity index (χ1n) is 11.4. The number of nitrogens with one attached hydrogen (secondary N) is 1. The number of H-pyrrole nitrogens is 1. The molecule has 0 radical (unpaired) electrons. The third kappa shape index (κ3) is 4.26. The maximum atomic E-state index is 13.6. The van der Waals surface area contributed by atoms with E-state index < -0.39 is 0 Å². The molecule has 4 aromatic rings. The molecule has 6 nitrogen and oxygen atoms in total. The summed E-state index contributed by atoms with van der Waals surface area (Å²) in [5.74, 6) is 1.28. The third-order valence-corrected chi connectivity index (χ3v) is 6.72. The van der Waals surface area contributed by atoms with Crippen molar-refractivity contribution in [3.05, 3.63) is 99.7 Å². The highest BCUT2D eigenvalue weighted by Crippen LogP contribution is 2.43. The van der Waals surface area contributed by atoms with Gasteiger partial charge in [0.15, 0.2) is 11.5 Å². The molecule has 1 aromatic heterocycles. The summed E-state index contributed by atoms with van der Waals surface area (Å²) in [6, 6.07) is 21.4. The second-order valence-electron chi connectivity index (χ2n) is 8.62. The van der Waals surface area contributed by atoms with Gasteiger partial charge in [0, 0.05) is 22.7 Å². The molecule has 1 amide bonds. The SMILES string of the molecule is COc1ccc(CCN2C(=O)c3[nH]nc(-c4ccc(C)cc4)c3C2c2ccc(Cl)cc2)cc1OC. The lowest BCUT2D eigenvalue weighted by Crippen LogP contribution is -2.31. The number of amides is 1. The zero-order valence-corrected chi connectivity index (χ0v) is 20.6. The zero-order chi connectivity index (χ0) is 24.5. The van der Waals surface area contributed by atoms with Crippen LogP contribution in [-0.4, -0.2) is 41.8 Å².